The van der Waals surface area contributed by atoms with Crippen LogP contribution in [0.1, 0.15) is 18.1 Å². The Hall–Kier alpha value is -1.87. The van der Waals surface area contributed by atoms with E-state index in [0.717, 1.165) is 26.2 Å². The second-order valence-corrected chi connectivity index (χ2v) is 6.24. The summed E-state index contributed by atoms with van der Waals surface area (Å²) < 4.78 is 13.0. The molecule has 2 aromatic carbocycles. The Kier molecular flexibility index (Phi) is 4.44. The van der Waals surface area contributed by atoms with Crippen molar-refractivity contribution in [3.63, 3.8) is 0 Å². The Balaban J connectivity index is 1.62. The van der Waals surface area contributed by atoms with Gasteiger partial charge in [-0.3, -0.25) is 4.90 Å². The van der Waals surface area contributed by atoms with Crippen LogP contribution in [0.25, 0.3) is 0 Å². The minimum absolute atomic E-state index is 0.165. The maximum Gasteiger partial charge on any atom is 0.123 e. The first-order valence-electron chi connectivity index (χ1n) is 7.92. The van der Waals surface area contributed by atoms with Gasteiger partial charge in [-0.1, -0.05) is 29.8 Å². The number of rotatable bonds is 3. The van der Waals surface area contributed by atoms with Gasteiger partial charge in [0.15, 0.2) is 0 Å². The highest BCUT2D eigenvalue weighted by Crippen LogP contribution is 2.22. The van der Waals surface area contributed by atoms with Crippen LogP contribution in [0.2, 0.25) is 0 Å². The van der Waals surface area contributed by atoms with E-state index in [0.29, 0.717) is 6.04 Å². The molecule has 1 heterocycles. The van der Waals surface area contributed by atoms with Gasteiger partial charge in [-0.25, -0.2) is 4.39 Å². The van der Waals surface area contributed by atoms with Crippen LogP contribution in [0.4, 0.5) is 10.1 Å². The highest BCUT2D eigenvalue weighted by molar-refractivity contribution is 5.49. The standard InChI is InChI=1S/C19H23FN2/c1-15-3-9-19(10-4-15)22-12-11-21(13-16(22)2)14-17-5-7-18(20)8-6-17/h3-10,16H,11-14H2,1-2H3. The Morgan fingerprint density at radius 3 is 2.32 bits per heavy atom. The average molecular weight is 298 g/mol. The third kappa shape index (κ3) is 3.47. The fourth-order valence-corrected chi connectivity index (χ4v) is 3.14. The van der Waals surface area contributed by atoms with Crippen LogP contribution in [-0.2, 0) is 6.54 Å². The van der Waals surface area contributed by atoms with Crippen molar-refractivity contribution in [1.29, 1.82) is 0 Å². The number of piperazine rings is 1. The zero-order valence-corrected chi connectivity index (χ0v) is 13.3. The summed E-state index contributed by atoms with van der Waals surface area (Å²) in [6, 6.07) is 16.1. The van der Waals surface area contributed by atoms with Gasteiger partial charge in [0, 0.05) is 37.9 Å². The molecule has 0 saturated carbocycles. The molecule has 1 fully saturated rings. The maximum absolute atomic E-state index is 13.0. The largest absolute Gasteiger partial charge is 0.366 e. The number of aryl methyl sites for hydroxylation is 1. The van der Waals surface area contributed by atoms with Crippen molar-refractivity contribution < 1.29 is 4.39 Å². The van der Waals surface area contributed by atoms with Gasteiger partial charge in [-0.2, -0.15) is 0 Å². The molecule has 1 aliphatic heterocycles. The SMILES string of the molecule is Cc1ccc(N2CCN(Cc3ccc(F)cc3)CC2C)cc1. The average Bonchev–Trinajstić information content (AvgIpc) is 2.51. The molecular formula is C19H23FN2. The lowest BCUT2D eigenvalue weighted by Crippen LogP contribution is -2.51. The summed E-state index contributed by atoms with van der Waals surface area (Å²) in [5.74, 6) is -0.165. The summed E-state index contributed by atoms with van der Waals surface area (Å²) in [5.41, 5.74) is 3.78. The summed E-state index contributed by atoms with van der Waals surface area (Å²) in [6.07, 6.45) is 0. The quantitative estimate of drug-likeness (QED) is 0.849. The van der Waals surface area contributed by atoms with E-state index in [4.69, 9.17) is 0 Å². The molecule has 3 rings (SSSR count). The van der Waals surface area contributed by atoms with Crippen molar-refractivity contribution in [1.82, 2.24) is 4.90 Å². The van der Waals surface area contributed by atoms with Gasteiger partial charge < -0.3 is 4.90 Å². The molecule has 0 aromatic heterocycles. The Bertz CT molecular complexity index is 606. The maximum atomic E-state index is 13.0. The van der Waals surface area contributed by atoms with Crippen molar-refractivity contribution in [2.24, 2.45) is 0 Å². The smallest absolute Gasteiger partial charge is 0.123 e. The molecular weight excluding hydrogens is 275 g/mol. The van der Waals surface area contributed by atoms with E-state index in [2.05, 4.69) is 47.9 Å². The van der Waals surface area contributed by atoms with Crippen LogP contribution in [0.15, 0.2) is 48.5 Å². The highest BCUT2D eigenvalue weighted by Gasteiger charge is 2.23. The van der Waals surface area contributed by atoms with Crippen molar-refractivity contribution in [3.8, 4) is 0 Å². The van der Waals surface area contributed by atoms with E-state index in [1.165, 1.54) is 16.8 Å². The van der Waals surface area contributed by atoms with E-state index in [9.17, 15) is 4.39 Å². The van der Waals surface area contributed by atoms with E-state index in [-0.39, 0.29) is 5.82 Å². The topological polar surface area (TPSA) is 6.48 Å². The number of hydrogen-bond donors (Lipinski definition) is 0. The predicted molar refractivity (Wildman–Crippen MR) is 89.7 cm³/mol. The van der Waals surface area contributed by atoms with Crippen LogP contribution >= 0.6 is 0 Å². The molecule has 0 amide bonds. The van der Waals surface area contributed by atoms with Gasteiger partial charge in [-0.05, 0) is 43.7 Å². The lowest BCUT2D eigenvalue weighted by atomic mass is 10.1. The van der Waals surface area contributed by atoms with Crippen LogP contribution in [0.5, 0.6) is 0 Å². The molecule has 1 atom stereocenters. The molecule has 3 heteroatoms. The van der Waals surface area contributed by atoms with Gasteiger partial charge in [0.2, 0.25) is 0 Å². The molecule has 0 aliphatic carbocycles. The number of anilines is 1. The summed E-state index contributed by atoms with van der Waals surface area (Å²) in [7, 11) is 0. The molecule has 116 valence electrons. The van der Waals surface area contributed by atoms with Crippen LogP contribution < -0.4 is 4.90 Å². The van der Waals surface area contributed by atoms with Gasteiger partial charge in [0.25, 0.3) is 0 Å². The second kappa shape index (κ2) is 6.49. The predicted octanol–water partition coefficient (Wildman–Crippen LogP) is 3.84. The first-order chi connectivity index (χ1) is 10.6. The first kappa shape index (κ1) is 15.0. The number of nitrogens with zero attached hydrogens (tertiary/aromatic N) is 2. The highest BCUT2D eigenvalue weighted by atomic mass is 19.1. The molecule has 0 N–H and O–H groups in total. The van der Waals surface area contributed by atoms with Crippen LogP contribution in [0, 0.1) is 12.7 Å². The van der Waals surface area contributed by atoms with Gasteiger partial charge in [0.1, 0.15) is 5.82 Å². The monoisotopic (exact) mass is 298 g/mol. The van der Waals surface area contributed by atoms with E-state index in [1.807, 2.05) is 12.1 Å². The normalized spacial score (nSPS) is 19.4. The molecule has 0 radical (unpaired) electrons. The summed E-state index contributed by atoms with van der Waals surface area (Å²) >= 11 is 0. The number of hydrogen-bond acceptors (Lipinski definition) is 2. The zero-order valence-electron chi connectivity index (χ0n) is 13.3. The van der Waals surface area contributed by atoms with Gasteiger partial charge in [0.05, 0.1) is 0 Å². The van der Waals surface area contributed by atoms with Gasteiger partial charge >= 0.3 is 0 Å². The molecule has 2 aromatic rings. The van der Waals surface area contributed by atoms with Crippen molar-refractivity contribution in [2.75, 3.05) is 24.5 Å². The molecule has 1 unspecified atom stereocenters. The van der Waals surface area contributed by atoms with E-state index in [1.54, 1.807) is 12.1 Å². The van der Waals surface area contributed by atoms with Crippen molar-refractivity contribution in [3.05, 3.63) is 65.5 Å². The summed E-state index contributed by atoms with van der Waals surface area (Å²) in [5, 5.41) is 0. The Morgan fingerprint density at radius 1 is 1.00 bits per heavy atom. The van der Waals surface area contributed by atoms with Crippen LogP contribution in [-0.4, -0.2) is 30.6 Å². The van der Waals surface area contributed by atoms with Gasteiger partial charge in [-0.15, -0.1) is 0 Å². The third-order valence-corrected chi connectivity index (χ3v) is 4.40. The van der Waals surface area contributed by atoms with Crippen LogP contribution in [0.3, 0.4) is 0 Å². The minimum atomic E-state index is -0.165. The van der Waals surface area contributed by atoms with Crippen molar-refractivity contribution >= 4 is 5.69 Å². The molecule has 22 heavy (non-hydrogen) atoms. The first-order valence-corrected chi connectivity index (χ1v) is 7.92. The van der Waals surface area contributed by atoms with E-state index >= 15 is 0 Å². The fourth-order valence-electron chi connectivity index (χ4n) is 3.14. The van der Waals surface area contributed by atoms with Crippen molar-refractivity contribution in [2.45, 2.75) is 26.4 Å². The van der Waals surface area contributed by atoms with E-state index < -0.39 is 0 Å². The number of halogens is 1. The lowest BCUT2D eigenvalue weighted by Gasteiger charge is -2.41. The molecule has 1 saturated heterocycles. The zero-order chi connectivity index (χ0) is 15.5. The minimum Gasteiger partial charge on any atom is -0.366 e. The fraction of sp³-hybridized carbons (Fsp3) is 0.368. The number of benzene rings is 2. The third-order valence-electron chi connectivity index (χ3n) is 4.40. The Labute approximate surface area is 132 Å². The summed E-state index contributed by atoms with van der Waals surface area (Å²) in [6.45, 7) is 8.39. The molecule has 0 spiro atoms. The summed E-state index contributed by atoms with van der Waals surface area (Å²) in [4.78, 5) is 4.92. The Morgan fingerprint density at radius 2 is 1.68 bits per heavy atom. The second-order valence-electron chi connectivity index (χ2n) is 6.24. The lowest BCUT2D eigenvalue weighted by molar-refractivity contribution is 0.221. The molecule has 2 nitrogen and oxygen atoms in total. The molecule has 0 bridgehead atoms. The molecule has 1 aliphatic rings.